The Bertz CT molecular complexity index is 578. The molecule has 1 aromatic carbocycles. The van der Waals surface area contributed by atoms with Gasteiger partial charge in [-0.05, 0) is 57.4 Å². The summed E-state index contributed by atoms with van der Waals surface area (Å²) in [5, 5.41) is 11.1. The van der Waals surface area contributed by atoms with Crippen LogP contribution in [0.2, 0.25) is 5.02 Å². The van der Waals surface area contributed by atoms with Gasteiger partial charge in [-0.15, -0.1) is 0 Å². The maximum Gasteiger partial charge on any atom is 0.410 e. The van der Waals surface area contributed by atoms with Crippen LogP contribution >= 0.6 is 11.6 Å². The molecule has 128 valence electrons. The zero-order valence-electron chi connectivity index (χ0n) is 13.7. The predicted octanol–water partition coefficient (Wildman–Crippen LogP) is 3.78. The molecule has 1 amide bonds. The third-order valence-corrected chi connectivity index (χ3v) is 4.11. The zero-order valence-corrected chi connectivity index (χ0v) is 14.5. The standard InChI is InChI=1S/C17H23ClFNO3/c1-16(2,3)23-15(21)20-8-6-17(22,7-9-20)11-12-10-13(18)4-5-14(12)19/h4-5,10,22H,6-9,11H2,1-3H3. The number of amides is 1. The summed E-state index contributed by atoms with van der Waals surface area (Å²) in [5.74, 6) is -0.377. The van der Waals surface area contributed by atoms with Crippen molar-refractivity contribution in [2.75, 3.05) is 13.1 Å². The van der Waals surface area contributed by atoms with Crippen molar-refractivity contribution in [3.63, 3.8) is 0 Å². The predicted molar refractivity (Wildman–Crippen MR) is 87.1 cm³/mol. The van der Waals surface area contributed by atoms with E-state index in [4.69, 9.17) is 16.3 Å². The fraction of sp³-hybridized carbons (Fsp3) is 0.588. The molecule has 1 heterocycles. The minimum atomic E-state index is -1.04. The summed E-state index contributed by atoms with van der Waals surface area (Å²) < 4.78 is 19.2. The molecule has 6 heteroatoms. The second-order valence-electron chi connectivity index (χ2n) is 7.10. The Morgan fingerprint density at radius 2 is 2.00 bits per heavy atom. The van der Waals surface area contributed by atoms with Crippen molar-refractivity contribution in [1.29, 1.82) is 0 Å². The number of hydrogen-bond donors (Lipinski definition) is 1. The van der Waals surface area contributed by atoms with Gasteiger partial charge in [0.25, 0.3) is 0 Å². The Morgan fingerprint density at radius 1 is 1.39 bits per heavy atom. The first-order valence-electron chi connectivity index (χ1n) is 7.72. The molecular weight excluding hydrogens is 321 g/mol. The van der Waals surface area contributed by atoms with E-state index in [0.29, 0.717) is 36.5 Å². The van der Waals surface area contributed by atoms with Crippen LogP contribution in [0.3, 0.4) is 0 Å². The lowest BCUT2D eigenvalue weighted by Gasteiger charge is -2.38. The average Bonchev–Trinajstić information content (AvgIpc) is 2.41. The number of rotatable bonds is 2. The number of piperidine rings is 1. The first-order valence-corrected chi connectivity index (χ1v) is 8.10. The van der Waals surface area contributed by atoms with E-state index in [1.54, 1.807) is 4.90 Å². The van der Waals surface area contributed by atoms with Crippen LogP contribution in [0, 0.1) is 5.82 Å². The van der Waals surface area contributed by atoms with Crippen LogP contribution in [0.4, 0.5) is 9.18 Å². The van der Waals surface area contributed by atoms with Gasteiger partial charge >= 0.3 is 6.09 Å². The lowest BCUT2D eigenvalue weighted by Crippen LogP contribution is -2.49. The van der Waals surface area contributed by atoms with Gasteiger partial charge in [0.05, 0.1) is 5.60 Å². The van der Waals surface area contributed by atoms with Crippen molar-refractivity contribution in [1.82, 2.24) is 4.90 Å². The lowest BCUT2D eigenvalue weighted by molar-refractivity contribution is -0.0319. The van der Waals surface area contributed by atoms with Gasteiger partial charge in [0.2, 0.25) is 0 Å². The molecule has 0 bridgehead atoms. The SMILES string of the molecule is CC(C)(C)OC(=O)N1CCC(O)(Cc2cc(Cl)ccc2F)CC1. The number of ether oxygens (including phenoxy) is 1. The largest absolute Gasteiger partial charge is 0.444 e. The van der Waals surface area contributed by atoms with Crippen molar-refractivity contribution >= 4 is 17.7 Å². The average molecular weight is 344 g/mol. The number of aliphatic hydroxyl groups is 1. The molecule has 1 aromatic rings. The van der Waals surface area contributed by atoms with Crippen LogP contribution in [-0.4, -0.2) is 40.4 Å². The van der Waals surface area contributed by atoms with E-state index in [-0.39, 0.29) is 18.3 Å². The number of likely N-dealkylation sites (tertiary alicyclic amines) is 1. The molecule has 1 N–H and O–H groups in total. The van der Waals surface area contributed by atoms with Gasteiger partial charge in [0, 0.05) is 24.5 Å². The Morgan fingerprint density at radius 3 is 2.57 bits per heavy atom. The number of halogens is 2. The lowest BCUT2D eigenvalue weighted by atomic mass is 9.85. The van der Waals surface area contributed by atoms with Gasteiger partial charge in [0.15, 0.2) is 0 Å². The monoisotopic (exact) mass is 343 g/mol. The summed E-state index contributed by atoms with van der Waals surface area (Å²) in [6.07, 6.45) is 0.547. The summed E-state index contributed by atoms with van der Waals surface area (Å²) in [6, 6.07) is 4.32. The quantitative estimate of drug-likeness (QED) is 0.889. The molecule has 1 aliphatic rings. The van der Waals surface area contributed by atoms with Gasteiger partial charge in [-0.1, -0.05) is 11.6 Å². The van der Waals surface area contributed by atoms with E-state index in [2.05, 4.69) is 0 Å². The van der Waals surface area contributed by atoms with Gasteiger partial charge in [0.1, 0.15) is 11.4 Å². The third-order valence-electron chi connectivity index (χ3n) is 3.87. The number of carbonyl (C=O) groups excluding carboxylic acids is 1. The van der Waals surface area contributed by atoms with Crippen LogP contribution in [0.15, 0.2) is 18.2 Å². The molecule has 0 aromatic heterocycles. The summed E-state index contributed by atoms with van der Waals surface area (Å²) in [6.45, 7) is 6.20. The number of benzene rings is 1. The summed E-state index contributed by atoms with van der Waals surface area (Å²) in [7, 11) is 0. The van der Waals surface area contributed by atoms with Crippen LogP contribution in [0.5, 0.6) is 0 Å². The van der Waals surface area contributed by atoms with E-state index in [9.17, 15) is 14.3 Å². The Balaban J connectivity index is 1.97. The molecule has 23 heavy (non-hydrogen) atoms. The van der Waals surface area contributed by atoms with Gasteiger partial charge < -0.3 is 14.7 Å². The van der Waals surface area contributed by atoms with Crippen LogP contribution < -0.4 is 0 Å². The second-order valence-corrected chi connectivity index (χ2v) is 7.54. The molecule has 4 nitrogen and oxygen atoms in total. The summed E-state index contributed by atoms with van der Waals surface area (Å²) in [5.41, 5.74) is -1.19. The maximum absolute atomic E-state index is 13.8. The fourth-order valence-corrected chi connectivity index (χ4v) is 2.84. The van der Waals surface area contributed by atoms with Gasteiger partial charge in [-0.2, -0.15) is 0 Å². The van der Waals surface area contributed by atoms with E-state index in [0.717, 1.165) is 0 Å². The minimum Gasteiger partial charge on any atom is -0.444 e. The molecule has 0 aliphatic carbocycles. The highest BCUT2D eigenvalue weighted by molar-refractivity contribution is 6.30. The Hall–Kier alpha value is -1.33. The van der Waals surface area contributed by atoms with Crippen molar-refractivity contribution in [3.8, 4) is 0 Å². The number of hydrogen-bond acceptors (Lipinski definition) is 3. The highest BCUT2D eigenvalue weighted by Crippen LogP contribution is 2.29. The van der Waals surface area contributed by atoms with Gasteiger partial charge in [-0.3, -0.25) is 0 Å². The van der Waals surface area contributed by atoms with Crippen molar-refractivity contribution < 1.29 is 19.0 Å². The smallest absolute Gasteiger partial charge is 0.410 e. The second kappa shape index (κ2) is 6.65. The molecule has 0 spiro atoms. The first kappa shape index (κ1) is 18.0. The highest BCUT2D eigenvalue weighted by atomic mass is 35.5. The summed E-state index contributed by atoms with van der Waals surface area (Å²) in [4.78, 5) is 13.6. The van der Waals surface area contributed by atoms with Crippen LogP contribution in [0.25, 0.3) is 0 Å². The number of carbonyl (C=O) groups is 1. The topological polar surface area (TPSA) is 49.8 Å². The van der Waals surface area contributed by atoms with Crippen molar-refractivity contribution in [3.05, 3.63) is 34.6 Å². The normalized spacial score (nSPS) is 17.9. The van der Waals surface area contributed by atoms with Crippen LogP contribution in [-0.2, 0) is 11.2 Å². The molecule has 0 radical (unpaired) electrons. The number of nitrogens with zero attached hydrogens (tertiary/aromatic N) is 1. The van der Waals surface area contributed by atoms with Crippen LogP contribution in [0.1, 0.15) is 39.2 Å². The Kier molecular flexibility index (Phi) is 5.21. The molecule has 1 fully saturated rings. The molecule has 1 saturated heterocycles. The molecule has 0 unspecified atom stereocenters. The fourth-order valence-electron chi connectivity index (χ4n) is 2.64. The molecule has 0 atom stereocenters. The van der Waals surface area contributed by atoms with Crippen molar-refractivity contribution in [2.24, 2.45) is 0 Å². The van der Waals surface area contributed by atoms with E-state index in [1.807, 2.05) is 20.8 Å². The molecular formula is C17H23ClFNO3. The summed E-state index contributed by atoms with van der Waals surface area (Å²) >= 11 is 5.89. The van der Waals surface area contributed by atoms with Gasteiger partial charge in [-0.25, -0.2) is 9.18 Å². The van der Waals surface area contributed by atoms with Crippen molar-refractivity contribution in [2.45, 2.75) is 51.2 Å². The third kappa shape index (κ3) is 5.08. The highest BCUT2D eigenvalue weighted by Gasteiger charge is 2.36. The van der Waals surface area contributed by atoms with E-state index in [1.165, 1.54) is 18.2 Å². The first-order chi connectivity index (χ1) is 10.6. The minimum absolute atomic E-state index is 0.182. The maximum atomic E-state index is 13.8. The molecule has 0 saturated carbocycles. The Labute approximate surface area is 141 Å². The van der Waals surface area contributed by atoms with E-state index >= 15 is 0 Å². The molecule has 2 rings (SSSR count). The van der Waals surface area contributed by atoms with E-state index < -0.39 is 11.2 Å². The molecule has 1 aliphatic heterocycles. The zero-order chi connectivity index (χ0) is 17.3.